The molecule has 0 bridgehead atoms. The van der Waals surface area contributed by atoms with Crippen LogP contribution in [0.15, 0.2) is 47.4 Å². The largest absolute Gasteiger partial charge is 0.496 e. The summed E-state index contributed by atoms with van der Waals surface area (Å²) in [4.78, 5) is 13.0. The number of para-hydroxylation sites is 1. The first-order valence-corrected chi connectivity index (χ1v) is 7.50. The Labute approximate surface area is 128 Å². The van der Waals surface area contributed by atoms with E-state index < -0.39 is 0 Å². The first kappa shape index (κ1) is 15.3. The van der Waals surface area contributed by atoms with Crippen LogP contribution in [0.5, 0.6) is 5.75 Å². The second-order valence-corrected chi connectivity index (χ2v) is 5.58. The van der Waals surface area contributed by atoms with E-state index in [1.807, 2.05) is 43.3 Å². The summed E-state index contributed by atoms with van der Waals surface area (Å²) < 4.78 is 5.26. The van der Waals surface area contributed by atoms with Crippen LogP contribution in [0.1, 0.15) is 5.56 Å². The number of carbonyl (C=O) groups is 1. The summed E-state index contributed by atoms with van der Waals surface area (Å²) in [7, 11) is 1.62. The van der Waals surface area contributed by atoms with Crippen molar-refractivity contribution in [3.05, 3.63) is 48.0 Å². The lowest BCUT2D eigenvalue weighted by molar-refractivity contribution is -0.113. The molecule has 0 aliphatic heterocycles. The molecule has 2 aromatic rings. The fourth-order valence-electron chi connectivity index (χ4n) is 1.84. The number of aryl methyl sites for hydroxylation is 1. The van der Waals surface area contributed by atoms with Crippen LogP contribution < -0.4 is 15.8 Å². The average Bonchev–Trinajstić information content (AvgIpc) is 2.49. The molecule has 0 saturated carbocycles. The number of rotatable bonds is 5. The molecule has 0 fully saturated rings. The second-order valence-electron chi connectivity index (χ2n) is 4.56. The van der Waals surface area contributed by atoms with Gasteiger partial charge in [0.25, 0.3) is 0 Å². The van der Waals surface area contributed by atoms with Gasteiger partial charge in [0.2, 0.25) is 5.91 Å². The highest BCUT2D eigenvalue weighted by Crippen LogP contribution is 2.28. The van der Waals surface area contributed by atoms with E-state index in [2.05, 4.69) is 5.32 Å². The van der Waals surface area contributed by atoms with Gasteiger partial charge >= 0.3 is 0 Å². The SMILES string of the molecule is COc1ccccc1SCC(=O)Nc1cc(N)ccc1C. The molecule has 5 heteroatoms. The lowest BCUT2D eigenvalue weighted by atomic mass is 10.2. The number of anilines is 2. The fourth-order valence-corrected chi connectivity index (χ4v) is 2.67. The zero-order valence-electron chi connectivity index (χ0n) is 12.1. The van der Waals surface area contributed by atoms with Crippen LogP contribution in [0.2, 0.25) is 0 Å². The van der Waals surface area contributed by atoms with Gasteiger partial charge in [-0.3, -0.25) is 4.79 Å². The zero-order chi connectivity index (χ0) is 15.2. The Hall–Kier alpha value is -2.14. The molecular formula is C16H18N2O2S. The monoisotopic (exact) mass is 302 g/mol. The molecule has 110 valence electrons. The van der Waals surface area contributed by atoms with Gasteiger partial charge in [0.15, 0.2) is 0 Å². The van der Waals surface area contributed by atoms with Crippen LogP contribution in [-0.2, 0) is 4.79 Å². The molecule has 2 aromatic carbocycles. The fraction of sp³-hybridized carbons (Fsp3) is 0.188. The molecule has 0 radical (unpaired) electrons. The maximum absolute atomic E-state index is 12.0. The Kier molecular flexibility index (Phi) is 5.11. The van der Waals surface area contributed by atoms with Gasteiger partial charge in [-0.25, -0.2) is 0 Å². The second kappa shape index (κ2) is 7.04. The van der Waals surface area contributed by atoms with Gasteiger partial charge in [0.1, 0.15) is 5.75 Å². The third-order valence-electron chi connectivity index (χ3n) is 2.96. The van der Waals surface area contributed by atoms with Crippen molar-refractivity contribution in [1.29, 1.82) is 0 Å². The minimum Gasteiger partial charge on any atom is -0.496 e. The lowest BCUT2D eigenvalue weighted by Crippen LogP contribution is -2.15. The van der Waals surface area contributed by atoms with Gasteiger partial charge in [-0.1, -0.05) is 18.2 Å². The van der Waals surface area contributed by atoms with E-state index in [4.69, 9.17) is 10.5 Å². The summed E-state index contributed by atoms with van der Waals surface area (Å²) in [6.45, 7) is 1.93. The highest BCUT2D eigenvalue weighted by molar-refractivity contribution is 8.00. The van der Waals surface area contributed by atoms with Crippen LogP contribution in [0.25, 0.3) is 0 Å². The molecule has 0 aromatic heterocycles. The molecule has 21 heavy (non-hydrogen) atoms. The number of ether oxygens (including phenoxy) is 1. The van der Waals surface area contributed by atoms with Crippen LogP contribution in [-0.4, -0.2) is 18.8 Å². The quantitative estimate of drug-likeness (QED) is 0.657. The number of hydrogen-bond acceptors (Lipinski definition) is 4. The van der Waals surface area contributed by atoms with Gasteiger partial charge in [-0.15, -0.1) is 11.8 Å². The average molecular weight is 302 g/mol. The number of benzene rings is 2. The number of hydrogen-bond donors (Lipinski definition) is 2. The van der Waals surface area contributed by atoms with Crippen LogP contribution >= 0.6 is 11.8 Å². The smallest absolute Gasteiger partial charge is 0.234 e. The van der Waals surface area contributed by atoms with E-state index in [1.54, 1.807) is 13.2 Å². The molecular weight excluding hydrogens is 284 g/mol. The highest BCUT2D eigenvalue weighted by Gasteiger charge is 2.08. The standard InChI is InChI=1S/C16H18N2O2S/c1-11-7-8-12(17)9-13(11)18-16(19)10-21-15-6-4-3-5-14(15)20-2/h3-9H,10,17H2,1-2H3,(H,18,19). The molecule has 0 saturated heterocycles. The van der Waals surface area contributed by atoms with Gasteiger partial charge in [0, 0.05) is 16.3 Å². The van der Waals surface area contributed by atoms with Crippen LogP contribution in [0.4, 0.5) is 11.4 Å². The minimum absolute atomic E-state index is 0.0698. The van der Waals surface area contributed by atoms with Crippen LogP contribution in [0, 0.1) is 6.92 Å². The first-order valence-electron chi connectivity index (χ1n) is 6.52. The molecule has 0 spiro atoms. The Morgan fingerprint density at radius 1 is 1.29 bits per heavy atom. The molecule has 3 N–H and O–H groups in total. The number of methoxy groups -OCH3 is 1. The van der Waals surface area contributed by atoms with Gasteiger partial charge in [-0.05, 0) is 36.8 Å². The number of thioether (sulfide) groups is 1. The van der Waals surface area contributed by atoms with Gasteiger partial charge in [0.05, 0.1) is 12.9 Å². The molecule has 1 amide bonds. The third-order valence-corrected chi connectivity index (χ3v) is 4.02. The number of nitrogens with two attached hydrogens (primary N) is 1. The van der Waals surface area contributed by atoms with Crippen molar-refractivity contribution in [1.82, 2.24) is 0 Å². The molecule has 0 aliphatic carbocycles. The van der Waals surface area contributed by atoms with E-state index in [0.717, 1.165) is 21.9 Å². The summed E-state index contributed by atoms with van der Waals surface area (Å²) in [6.07, 6.45) is 0. The maximum Gasteiger partial charge on any atom is 0.234 e. The normalized spacial score (nSPS) is 10.2. The molecule has 0 unspecified atom stereocenters. The van der Waals surface area contributed by atoms with E-state index in [1.165, 1.54) is 11.8 Å². The Balaban J connectivity index is 1.97. The van der Waals surface area contributed by atoms with Crippen molar-refractivity contribution in [3.63, 3.8) is 0 Å². The first-order chi connectivity index (χ1) is 10.1. The number of amides is 1. The van der Waals surface area contributed by atoms with Crippen molar-refractivity contribution in [2.45, 2.75) is 11.8 Å². The van der Waals surface area contributed by atoms with E-state index in [0.29, 0.717) is 11.4 Å². The summed E-state index contributed by atoms with van der Waals surface area (Å²) in [5.41, 5.74) is 8.10. The van der Waals surface area contributed by atoms with Gasteiger partial charge in [-0.2, -0.15) is 0 Å². The maximum atomic E-state index is 12.0. The molecule has 0 atom stereocenters. The Bertz CT molecular complexity index is 644. The summed E-state index contributed by atoms with van der Waals surface area (Å²) in [5.74, 6) is 1.02. The predicted octanol–water partition coefficient (Wildman–Crippen LogP) is 3.32. The van der Waals surface area contributed by atoms with Crippen LogP contribution in [0.3, 0.4) is 0 Å². The van der Waals surface area contributed by atoms with E-state index >= 15 is 0 Å². The third kappa shape index (κ3) is 4.16. The van der Waals surface area contributed by atoms with E-state index in [-0.39, 0.29) is 5.91 Å². The van der Waals surface area contributed by atoms with Crippen molar-refractivity contribution in [2.24, 2.45) is 0 Å². The van der Waals surface area contributed by atoms with Crippen molar-refractivity contribution in [3.8, 4) is 5.75 Å². The summed E-state index contributed by atoms with van der Waals surface area (Å²) in [6, 6.07) is 13.1. The Morgan fingerprint density at radius 2 is 2.05 bits per heavy atom. The molecule has 4 nitrogen and oxygen atoms in total. The van der Waals surface area contributed by atoms with E-state index in [9.17, 15) is 4.79 Å². The topological polar surface area (TPSA) is 64.3 Å². The number of nitrogens with one attached hydrogen (secondary N) is 1. The number of carbonyl (C=O) groups excluding carboxylic acids is 1. The molecule has 0 heterocycles. The minimum atomic E-state index is -0.0698. The predicted molar refractivity (Wildman–Crippen MR) is 87.9 cm³/mol. The Morgan fingerprint density at radius 3 is 2.81 bits per heavy atom. The number of nitrogen functional groups attached to an aromatic ring is 1. The van der Waals surface area contributed by atoms with Gasteiger partial charge < -0.3 is 15.8 Å². The zero-order valence-corrected chi connectivity index (χ0v) is 12.9. The summed E-state index contributed by atoms with van der Waals surface area (Å²) in [5, 5.41) is 2.88. The van der Waals surface area contributed by atoms with Crippen molar-refractivity contribution >= 4 is 29.0 Å². The lowest BCUT2D eigenvalue weighted by Gasteiger charge is -2.10. The summed E-state index contributed by atoms with van der Waals surface area (Å²) >= 11 is 1.44. The highest BCUT2D eigenvalue weighted by atomic mass is 32.2. The van der Waals surface area contributed by atoms with Crippen molar-refractivity contribution < 1.29 is 9.53 Å². The molecule has 2 rings (SSSR count). The molecule has 0 aliphatic rings. The van der Waals surface area contributed by atoms with Crippen molar-refractivity contribution in [2.75, 3.05) is 23.9 Å².